The quantitative estimate of drug-likeness (QED) is 0.746. The van der Waals surface area contributed by atoms with Crippen molar-refractivity contribution in [3.63, 3.8) is 0 Å². The number of rotatable bonds is 5. The van der Waals surface area contributed by atoms with Crippen molar-refractivity contribution in [2.24, 2.45) is 17.8 Å². The fourth-order valence-corrected chi connectivity index (χ4v) is 1.74. The van der Waals surface area contributed by atoms with Gasteiger partial charge in [-0.2, -0.15) is 0 Å². The molecule has 1 N–H and O–H groups in total. The van der Waals surface area contributed by atoms with Crippen LogP contribution < -0.4 is 0 Å². The maximum Gasteiger partial charge on any atom is 0.323 e. The number of amides is 1. The zero-order chi connectivity index (χ0) is 11.6. The van der Waals surface area contributed by atoms with Crippen LogP contribution in [0, 0.1) is 17.8 Å². The molecule has 1 fully saturated rings. The van der Waals surface area contributed by atoms with Crippen molar-refractivity contribution in [2.75, 3.05) is 13.1 Å². The first-order valence-corrected chi connectivity index (χ1v) is 5.42. The summed E-state index contributed by atoms with van der Waals surface area (Å²) in [6.07, 6.45) is 0.910. The van der Waals surface area contributed by atoms with Crippen LogP contribution in [-0.2, 0) is 9.59 Å². The Hall–Kier alpha value is -1.06. The van der Waals surface area contributed by atoms with E-state index in [1.165, 1.54) is 4.90 Å². The van der Waals surface area contributed by atoms with Gasteiger partial charge in [-0.3, -0.25) is 9.59 Å². The van der Waals surface area contributed by atoms with E-state index in [1.807, 2.05) is 20.8 Å². The minimum atomic E-state index is -0.933. The molecule has 0 aliphatic heterocycles. The third kappa shape index (κ3) is 3.53. The minimum absolute atomic E-state index is 0.0126. The first-order chi connectivity index (χ1) is 6.91. The number of aliphatic carboxylic acids is 1. The lowest BCUT2D eigenvalue weighted by atomic mass is 10.2. The number of carbonyl (C=O) groups excluding carboxylic acids is 1. The van der Waals surface area contributed by atoms with Gasteiger partial charge in [0.2, 0.25) is 5.91 Å². The summed E-state index contributed by atoms with van der Waals surface area (Å²) in [6.45, 7) is 6.36. The van der Waals surface area contributed by atoms with E-state index < -0.39 is 5.97 Å². The first kappa shape index (κ1) is 12.0. The molecule has 2 atom stereocenters. The van der Waals surface area contributed by atoms with E-state index in [0.717, 1.165) is 6.42 Å². The average molecular weight is 213 g/mol. The standard InChI is InChI=1S/C11H19NO3/c1-7(2)5-12(6-10(13)14)11(15)9-4-8(9)3/h7-9H,4-6H2,1-3H3,(H,13,14)/t8-,9+/m0/s1. The van der Waals surface area contributed by atoms with Crippen molar-refractivity contribution >= 4 is 11.9 Å². The largest absolute Gasteiger partial charge is 0.480 e. The SMILES string of the molecule is CC(C)CN(CC(=O)O)C(=O)[C@@H]1C[C@@H]1C. The van der Waals surface area contributed by atoms with Gasteiger partial charge >= 0.3 is 5.97 Å². The van der Waals surface area contributed by atoms with Crippen LogP contribution in [0.5, 0.6) is 0 Å². The third-order valence-corrected chi connectivity index (χ3v) is 2.65. The Morgan fingerprint density at radius 3 is 2.33 bits per heavy atom. The highest BCUT2D eigenvalue weighted by atomic mass is 16.4. The normalized spacial score (nSPS) is 24.0. The molecule has 0 spiro atoms. The van der Waals surface area contributed by atoms with Crippen molar-refractivity contribution in [3.05, 3.63) is 0 Å². The minimum Gasteiger partial charge on any atom is -0.480 e. The number of hydrogen-bond acceptors (Lipinski definition) is 2. The molecule has 0 radical (unpaired) electrons. The summed E-state index contributed by atoms with van der Waals surface area (Å²) in [5.41, 5.74) is 0. The molecule has 0 bridgehead atoms. The Morgan fingerprint density at radius 1 is 1.47 bits per heavy atom. The van der Waals surface area contributed by atoms with Gasteiger partial charge in [0.05, 0.1) is 0 Å². The zero-order valence-electron chi connectivity index (χ0n) is 9.56. The molecule has 4 nitrogen and oxygen atoms in total. The molecule has 1 rings (SSSR count). The molecule has 0 unspecified atom stereocenters. The molecule has 15 heavy (non-hydrogen) atoms. The van der Waals surface area contributed by atoms with E-state index >= 15 is 0 Å². The number of nitrogens with zero attached hydrogens (tertiary/aromatic N) is 1. The van der Waals surface area contributed by atoms with Crippen LogP contribution in [0.4, 0.5) is 0 Å². The van der Waals surface area contributed by atoms with Gasteiger partial charge in [-0.25, -0.2) is 0 Å². The van der Waals surface area contributed by atoms with E-state index in [-0.39, 0.29) is 18.4 Å². The molecule has 1 aliphatic rings. The van der Waals surface area contributed by atoms with Crippen LogP contribution in [0.3, 0.4) is 0 Å². The third-order valence-electron chi connectivity index (χ3n) is 2.65. The summed E-state index contributed by atoms with van der Waals surface area (Å²) in [5.74, 6) is -0.109. The summed E-state index contributed by atoms with van der Waals surface area (Å²) in [7, 11) is 0. The van der Waals surface area contributed by atoms with Crippen molar-refractivity contribution in [2.45, 2.75) is 27.2 Å². The second kappa shape index (κ2) is 4.64. The fourth-order valence-electron chi connectivity index (χ4n) is 1.74. The lowest BCUT2D eigenvalue weighted by molar-refractivity contribution is -0.145. The molecule has 1 saturated carbocycles. The van der Waals surface area contributed by atoms with Gasteiger partial charge < -0.3 is 10.0 Å². The second-order valence-electron chi connectivity index (χ2n) is 4.83. The van der Waals surface area contributed by atoms with Gasteiger partial charge in [0.15, 0.2) is 0 Å². The lowest BCUT2D eigenvalue weighted by Gasteiger charge is -2.22. The summed E-state index contributed by atoms with van der Waals surface area (Å²) >= 11 is 0. The Morgan fingerprint density at radius 2 is 2.00 bits per heavy atom. The number of carboxylic acid groups (broad SMARTS) is 1. The molecule has 0 aromatic rings. The van der Waals surface area contributed by atoms with Crippen molar-refractivity contribution in [1.29, 1.82) is 0 Å². The second-order valence-corrected chi connectivity index (χ2v) is 4.83. The maximum absolute atomic E-state index is 11.8. The predicted molar refractivity (Wildman–Crippen MR) is 56.3 cm³/mol. The van der Waals surface area contributed by atoms with Crippen LogP contribution in [0.15, 0.2) is 0 Å². The molecule has 0 heterocycles. The summed E-state index contributed by atoms with van der Waals surface area (Å²) in [5, 5.41) is 8.72. The number of hydrogen-bond donors (Lipinski definition) is 1. The highest BCUT2D eigenvalue weighted by Gasteiger charge is 2.41. The molecule has 0 saturated heterocycles. The van der Waals surface area contributed by atoms with Crippen LogP contribution in [0.1, 0.15) is 27.2 Å². The number of carbonyl (C=O) groups is 2. The van der Waals surface area contributed by atoms with Crippen LogP contribution in [-0.4, -0.2) is 35.0 Å². The predicted octanol–water partition coefficient (Wildman–Crippen LogP) is 1.21. The molecular formula is C11H19NO3. The molecule has 0 aromatic carbocycles. The fraction of sp³-hybridized carbons (Fsp3) is 0.818. The Kier molecular flexibility index (Phi) is 3.72. The Balaban J connectivity index is 2.54. The maximum atomic E-state index is 11.8. The van der Waals surface area contributed by atoms with Crippen LogP contribution in [0.25, 0.3) is 0 Å². The molecule has 0 aromatic heterocycles. The van der Waals surface area contributed by atoms with E-state index in [1.54, 1.807) is 0 Å². The monoisotopic (exact) mass is 213 g/mol. The van der Waals surface area contributed by atoms with Crippen LogP contribution in [0.2, 0.25) is 0 Å². The molecule has 1 aliphatic carbocycles. The Labute approximate surface area is 90.3 Å². The first-order valence-electron chi connectivity index (χ1n) is 5.42. The number of carboxylic acids is 1. The van der Waals surface area contributed by atoms with E-state index in [2.05, 4.69) is 0 Å². The van der Waals surface area contributed by atoms with Gasteiger partial charge in [-0.05, 0) is 18.3 Å². The van der Waals surface area contributed by atoms with Crippen molar-refractivity contribution < 1.29 is 14.7 Å². The summed E-state index contributed by atoms with van der Waals surface area (Å²) in [4.78, 5) is 23.9. The Bertz CT molecular complexity index is 263. The van der Waals surface area contributed by atoms with Gasteiger partial charge in [-0.15, -0.1) is 0 Å². The van der Waals surface area contributed by atoms with Crippen molar-refractivity contribution in [1.82, 2.24) is 4.90 Å². The summed E-state index contributed by atoms with van der Waals surface area (Å²) < 4.78 is 0. The molecule has 4 heteroatoms. The van der Waals surface area contributed by atoms with Crippen LogP contribution >= 0.6 is 0 Å². The van der Waals surface area contributed by atoms with Gasteiger partial charge in [0.25, 0.3) is 0 Å². The summed E-state index contributed by atoms with van der Waals surface area (Å²) in [6, 6.07) is 0. The topological polar surface area (TPSA) is 57.6 Å². The molecule has 1 amide bonds. The molecular weight excluding hydrogens is 194 g/mol. The van der Waals surface area contributed by atoms with Gasteiger partial charge in [0.1, 0.15) is 6.54 Å². The van der Waals surface area contributed by atoms with Crippen molar-refractivity contribution in [3.8, 4) is 0 Å². The average Bonchev–Trinajstić information content (AvgIpc) is 2.78. The smallest absolute Gasteiger partial charge is 0.323 e. The van der Waals surface area contributed by atoms with Gasteiger partial charge in [0, 0.05) is 12.5 Å². The van der Waals surface area contributed by atoms with Gasteiger partial charge in [-0.1, -0.05) is 20.8 Å². The van der Waals surface area contributed by atoms with E-state index in [4.69, 9.17) is 5.11 Å². The lowest BCUT2D eigenvalue weighted by Crippen LogP contribution is -2.39. The zero-order valence-corrected chi connectivity index (χ0v) is 9.56. The molecule has 86 valence electrons. The van der Waals surface area contributed by atoms with E-state index in [0.29, 0.717) is 18.4 Å². The van der Waals surface area contributed by atoms with E-state index in [9.17, 15) is 9.59 Å². The highest BCUT2D eigenvalue weighted by molar-refractivity contribution is 5.85. The highest BCUT2D eigenvalue weighted by Crippen LogP contribution is 2.39.